The standard InChI is InChI=1S/C13H17ClO/c1-13(2,3)12(15)9-6-10-4-7-11(14)8-5-10/h4-9,12,15H,1-3H3. The van der Waals surface area contributed by atoms with Gasteiger partial charge in [0, 0.05) is 5.02 Å². The third-order valence-corrected chi connectivity index (χ3v) is 2.48. The van der Waals surface area contributed by atoms with Crippen molar-refractivity contribution in [2.75, 3.05) is 0 Å². The summed E-state index contributed by atoms with van der Waals surface area (Å²) in [7, 11) is 0. The van der Waals surface area contributed by atoms with Crippen LogP contribution in [0.25, 0.3) is 6.08 Å². The fourth-order valence-electron chi connectivity index (χ4n) is 1.06. The zero-order valence-corrected chi connectivity index (χ0v) is 10.1. The largest absolute Gasteiger partial charge is 0.388 e. The molecular weight excluding hydrogens is 208 g/mol. The average molecular weight is 225 g/mol. The molecule has 0 saturated carbocycles. The van der Waals surface area contributed by atoms with Gasteiger partial charge in [-0.1, -0.05) is 56.7 Å². The van der Waals surface area contributed by atoms with E-state index in [2.05, 4.69) is 0 Å². The summed E-state index contributed by atoms with van der Waals surface area (Å²) in [4.78, 5) is 0. The smallest absolute Gasteiger partial charge is 0.0772 e. The second-order valence-electron chi connectivity index (χ2n) is 4.72. The zero-order chi connectivity index (χ0) is 11.5. The molecule has 0 spiro atoms. The summed E-state index contributed by atoms with van der Waals surface area (Å²) in [5.74, 6) is 0. The first-order chi connectivity index (χ1) is 6.89. The highest BCUT2D eigenvalue weighted by molar-refractivity contribution is 6.30. The van der Waals surface area contributed by atoms with Gasteiger partial charge in [-0.3, -0.25) is 0 Å². The SMILES string of the molecule is CC(C)(C)C(O)C=Cc1ccc(Cl)cc1. The molecule has 2 heteroatoms. The maximum atomic E-state index is 9.79. The van der Waals surface area contributed by atoms with Gasteiger partial charge in [0.25, 0.3) is 0 Å². The molecule has 0 radical (unpaired) electrons. The van der Waals surface area contributed by atoms with E-state index in [0.29, 0.717) is 0 Å². The first-order valence-electron chi connectivity index (χ1n) is 5.01. The highest BCUT2D eigenvalue weighted by atomic mass is 35.5. The summed E-state index contributed by atoms with van der Waals surface area (Å²) in [6, 6.07) is 7.53. The fourth-order valence-corrected chi connectivity index (χ4v) is 1.19. The minimum Gasteiger partial charge on any atom is -0.388 e. The van der Waals surface area contributed by atoms with Gasteiger partial charge < -0.3 is 5.11 Å². The molecule has 0 amide bonds. The Morgan fingerprint density at radius 2 is 1.73 bits per heavy atom. The molecule has 1 aromatic carbocycles. The van der Waals surface area contributed by atoms with E-state index in [1.807, 2.05) is 57.2 Å². The van der Waals surface area contributed by atoms with E-state index >= 15 is 0 Å². The molecule has 0 aliphatic heterocycles. The molecule has 82 valence electrons. The molecule has 1 unspecified atom stereocenters. The Balaban J connectivity index is 2.70. The summed E-state index contributed by atoms with van der Waals surface area (Å²) < 4.78 is 0. The number of benzene rings is 1. The van der Waals surface area contributed by atoms with Crippen LogP contribution in [-0.4, -0.2) is 11.2 Å². The van der Waals surface area contributed by atoms with E-state index in [1.54, 1.807) is 0 Å². The number of aliphatic hydroxyl groups is 1. The van der Waals surface area contributed by atoms with Gasteiger partial charge >= 0.3 is 0 Å². The van der Waals surface area contributed by atoms with E-state index in [4.69, 9.17) is 11.6 Å². The third-order valence-electron chi connectivity index (χ3n) is 2.23. The van der Waals surface area contributed by atoms with Gasteiger partial charge in [0.05, 0.1) is 6.10 Å². The Bertz CT molecular complexity index is 333. The minimum atomic E-state index is -0.437. The van der Waals surface area contributed by atoms with Crippen molar-refractivity contribution < 1.29 is 5.11 Å². The van der Waals surface area contributed by atoms with Gasteiger partial charge in [-0.2, -0.15) is 0 Å². The van der Waals surface area contributed by atoms with Crippen LogP contribution in [0.3, 0.4) is 0 Å². The van der Waals surface area contributed by atoms with Crippen molar-refractivity contribution >= 4 is 17.7 Å². The molecule has 0 aromatic heterocycles. The predicted octanol–water partition coefficient (Wildman–Crippen LogP) is 3.76. The van der Waals surface area contributed by atoms with E-state index in [1.165, 1.54) is 0 Å². The minimum absolute atomic E-state index is 0.122. The number of rotatable bonds is 2. The molecule has 1 atom stereocenters. The van der Waals surface area contributed by atoms with Crippen LogP contribution in [-0.2, 0) is 0 Å². The van der Waals surface area contributed by atoms with Crippen molar-refractivity contribution in [3.8, 4) is 0 Å². The molecule has 0 saturated heterocycles. The lowest BCUT2D eigenvalue weighted by Gasteiger charge is -2.22. The zero-order valence-electron chi connectivity index (χ0n) is 9.37. The molecule has 1 aromatic rings. The number of halogens is 1. The van der Waals surface area contributed by atoms with Crippen LogP contribution in [0.1, 0.15) is 26.3 Å². The van der Waals surface area contributed by atoms with Crippen molar-refractivity contribution in [1.82, 2.24) is 0 Å². The first-order valence-corrected chi connectivity index (χ1v) is 5.39. The van der Waals surface area contributed by atoms with Gasteiger partial charge in [-0.15, -0.1) is 0 Å². The van der Waals surface area contributed by atoms with Crippen molar-refractivity contribution in [3.05, 3.63) is 40.9 Å². The second kappa shape index (κ2) is 4.82. The summed E-state index contributed by atoms with van der Waals surface area (Å²) in [6.45, 7) is 6.01. The molecule has 0 bridgehead atoms. The van der Waals surface area contributed by atoms with Gasteiger partial charge in [0.2, 0.25) is 0 Å². The third kappa shape index (κ3) is 4.06. The summed E-state index contributed by atoms with van der Waals surface area (Å²) in [5, 5.41) is 10.5. The van der Waals surface area contributed by atoms with Crippen LogP contribution in [0.5, 0.6) is 0 Å². The summed E-state index contributed by atoms with van der Waals surface area (Å²) >= 11 is 5.77. The molecule has 0 aliphatic carbocycles. The van der Waals surface area contributed by atoms with Crippen molar-refractivity contribution in [3.63, 3.8) is 0 Å². The van der Waals surface area contributed by atoms with Crippen molar-refractivity contribution in [1.29, 1.82) is 0 Å². The van der Waals surface area contributed by atoms with E-state index in [-0.39, 0.29) is 5.41 Å². The van der Waals surface area contributed by atoms with Gasteiger partial charge in [0.1, 0.15) is 0 Å². The molecule has 15 heavy (non-hydrogen) atoms. The molecule has 0 aliphatic rings. The maximum Gasteiger partial charge on any atom is 0.0772 e. The number of hydrogen-bond acceptors (Lipinski definition) is 1. The Kier molecular flexibility index (Phi) is 3.95. The van der Waals surface area contributed by atoms with Crippen LogP contribution in [0.4, 0.5) is 0 Å². The van der Waals surface area contributed by atoms with Crippen LogP contribution >= 0.6 is 11.6 Å². The first kappa shape index (κ1) is 12.3. The normalized spacial score (nSPS) is 14.5. The van der Waals surface area contributed by atoms with Crippen LogP contribution in [0.15, 0.2) is 30.3 Å². The summed E-state index contributed by atoms with van der Waals surface area (Å²) in [5.41, 5.74) is 0.922. The maximum absolute atomic E-state index is 9.79. The van der Waals surface area contributed by atoms with E-state index in [0.717, 1.165) is 10.6 Å². The Morgan fingerprint density at radius 3 is 2.20 bits per heavy atom. The second-order valence-corrected chi connectivity index (χ2v) is 5.16. The van der Waals surface area contributed by atoms with Crippen molar-refractivity contribution in [2.45, 2.75) is 26.9 Å². The van der Waals surface area contributed by atoms with Crippen LogP contribution in [0, 0.1) is 5.41 Å². The van der Waals surface area contributed by atoms with Crippen molar-refractivity contribution in [2.24, 2.45) is 5.41 Å². The highest BCUT2D eigenvalue weighted by Gasteiger charge is 2.18. The lowest BCUT2D eigenvalue weighted by Crippen LogP contribution is -2.23. The molecule has 1 N–H and O–H groups in total. The van der Waals surface area contributed by atoms with E-state index < -0.39 is 6.10 Å². The van der Waals surface area contributed by atoms with Crippen LogP contribution in [0.2, 0.25) is 5.02 Å². The number of hydrogen-bond donors (Lipinski definition) is 1. The molecular formula is C13H17ClO. The predicted molar refractivity (Wildman–Crippen MR) is 65.9 cm³/mol. The molecule has 0 fully saturated rings. The Hall–Kier alpha value is -0.790. The van der Waals surface area contributed by atoms with E-state index in [9.17, 15) is 5.11 Å². The van der Waals surface area contributed by atoms with Gasteiger partial charge in [0.15, 0.2) is 0 Å². The van der Waals surface area contributed by atoms with Crippen LogP contribution < -0.4 is 0 Å². The topological polar surface area (TPSA) is 20.2 Å². The Morgan fingerprint density at radius 1 is 1.20 bits per heavy atom. The van der Waals surface area contributed by atoms with Gasteiger partial charge in [-0.25, -0.2) is 0 Å². The Labute approximate surface area is 96.4 Å². The lowest BCUT2D eigenvalue weighted by molar-refractivity contribution is 0.106. The average Bonchev–Trinajstić information content (AvgIpc) is 2.15. The van der Waals surface area contributed by atoms with Gasteiger partial charge in [-0.05, 0) is 23.1 Å². The monoisotopic (exact) mass is 224 g/mol. The highest BCUT2D eigenvalue weighted by Crippen LogP contribution is 2.21. The molecule has 0 heterocycles. The summed E-state index contributed by atoms with van der Waals surface area (Å²) in [6.07, 6.45) is 3.28. The number of aliphatic hydroxyl groups excluding tert-OH is 1. The fraction of sp³-hybridized carbons (Fsp3) is 0.385. The molecule has 1 rings (SSSR count). The lowest BCUT2D eigenvalue weighted by atomic mass is 9.89. The molecule has 1 nitrogen and oxygen atoms in total. The quantitative estimate of drug-likeness (QED) is 0.811.